The van der Waals surface area contributed by atoms with Gasteiger partial charge in [0.1, 0.15) is 6.10 Å². The Labute approximate surface area is 163 Å². The summed E-state index contributed by atoms with van der Waals surface area (Å²) in [6.45, 7) is 0. The lowest BCUT2D eigenvalue weighted by Crippen LogP contribution is -2.18. The molecular weight excluding hydrogens is 348 g/mol. The first-order chi connectivity index (χ1) is 13.7. The Balaban J connectivity index is 1.65. The Morgan fingerprint density at radius 1 is 0.679 bits per heavy atom. The minimum atomic E-state index is -0.965. The lowest BCUT2D eigenvalue weighted by atomic mass is 9.98. The summed E-state index contributed by atoms with van der Waals surface area (Å²) in [7, 11) is 0. The molecule has 0 fully saturated rings. The van der Waals surface area contributed by atoms with Crippen molar-refractivity contribution in [1.82, 2.24) is 0 Å². The summed E-state index contributed by atoms with van der Waals surface area (Å²) in [4.78, 5) is 12.9. The number of esters is 1. The summed E-state index contributed by atoms with van der Waals surface area (Å²) in [5.74, 6) is -0.463. The quantitative estimate of drug-likeness (QED) is 0.475. The molecule has 3 nitrogen and oxygen atoms in total. The van der Waals surface area contributed by atoms with Crippen LogP contribution in [-0.2, 0) is 4.74 Å². The summed E-state index contributed by atoms with van der Waals surface area (Å²) in [6.07, 6.45) is -1.77. The second kappa shape index (κ2) is 8.07. The molecule has 0 aliphatic carbocycles. The zero-order valence-electron chi connectivity index (χ0n) is 15.2. The molecule has 0 unspecified atom stereocenters. The predicted molar refractivity (Wildman–Crippen MR) is 110 cm³/mol. The van der Waals surface area contributed by atoms with Crippen LogP contribution < -0.4 is 0 Å². The van der Waals surface area contributed by atoms with Crippen LogP contribution in [0.25, 0.3) is 10.8 Å². The predicted octanol–water partition coefficient (Wildman–Crippen LogP) is 5.47. The van der Waals surface area contributed by atoms with Crippen molar-refractivity contribution in [3.63, 3.8) is 0 Å². The zero-order chi connectivity index (χ0) is 19.3. The molecule has 4 aromatic carbocycles. The summed E-state index contributed by atoms with van der Waals surface area (Å²) in [5, 5.41) is 13.0. The highest BCUT2D eigenvalue weighted by atomic mass is 16.6. The Bertz CT molecular complexity index is 1070. The van der Waals surface area contributed by atoms with E-state index in [0.717, 1.165) is 16.3 Å². The maximum Gasteiger partial charge on any atom is 0.338 e. The molecule has 4 aromatic rings. The highest BCUT2D eigenvalue weighted by Gasteiger charge is 2.27. The fraction of sp³-hybridized carbons (Fsp3) is 0.0800. The molecule has 0 amide bonds. The van der Waals surface area contributed by atoms with Crippen LogP contribution in [-0.4, -0.2) is 11.1 Å². The van der Waals surface area contributed by atoms with Crippen molar-refractivity contribution in [1.29, 1.82) is 0 Å². The number of rotatable bonds is 5. The molecule has 0 spiro atoms. The third-order valence-electron chi connectivity index (χ3n) is 4.78. The number of hydrogen-bond acceptors (Lipinski definition) is 3. The van der Waals surface area contributed by atoms with E-state index in [9.17, 15) is 9.90 Å². The van der Waals surface area contributed by atoms with Crippen LogP contribution >= 0.6 is 0 Å². The van der Waals surface area contributed by atoms with Crippen LogP contribution in [0.5, 0.6) is 0 Å². The van der Waals surface area contributed by atoms with Gasteiger partial charge in [0.2, 0.25) is 0 Å². The third-order valence-corrected chi connectivity index (χ3v) is 4.78. The minimum absolute atomic E-state index is 0.458. The molecule has 4 rings (SSSR count). The first-order valence-electron chi connectivity index (χ1n) is 9.20. The zero-order valence-corrected chi connectivity index (χ0v) is 15.2. The van der Waals surface area contributed by atoms with Gasteiger partial charge < -0.3 is 9.84 Å². The number of hydrogen-bond donors (Lipinski definition) is 1. The second-order valence-corrected chi connectivity index (χ2v) is 6.65. The van der Waals surface area contributed by atoms with Gasteiger partial charge in [-0.25, -0.2) is 4.79 Å². The van der Waals surface area contributed by atoms with Crippen molar-refractivity contribution < 1.29 is 14.6 Å². The van der Waals surface area contributed by atoms with Gasteiger partial charge in [-0.1, -0.05) is 91.0 Å². The molecule has 138 valence electrons. The van der Waals surface area contributed by atoms with Gasteiger partial charge in [-0.2, -0.15) is 0 Å². The van der Waals surface area contributed by atoms with E-state index in [4.69, 9.17) is 4.74 Å². The summed E-state index contributed by atoms with van der Waals surface area (Å²) in [5.41, 5.74) is 1.90. The minimum Gasteiger partial charge on any atom is -0.451 e. The Morgan fingerprint density at radius 3 is 1.93 bits per heavy atom. The molecule has 1 N–H and O–H groups in total. The Morgan fingerprint density at radius 2 is 1.25 bits per heavy atom. The Hall–Kier alpha value is -3.43. The van der Waals surface area contributed by atoms with E-state index in [1.54, 1.807) is 6.07 Å². The maximum atomic E-state index is 12.9. The SMILES string of the molecule is O=C(O[C@H](c1ccccc1)[C@@H](O)c1ccccc1)c1ccc2ccccc2c1. The molecule has 0 bridgehead atoms. The van der Waals surface area contributed by atoms with E-state index in [1.807, 2.05) is 97.1 Å². The van der Waals surface area contributed by atoms with Crippen molar-refractivity contribution in [2.24, 2.45) is 0 Å². The van der Waals surface area contributed by atoms with Crippen LogP contribution in [0.3, 0.4) is 0 Å². The maximum absolute atomic E-state index is 12.9. The molecule has 0 heterocycles. The normalized spacial score (nSPS) is 13.0. The van der Waals surface area contributed by atoms with Gasteiger partial charge in [-0.05, 0) is 34.0 Å². The van der Waals surface area contributed by atoms with E-state index in [1.165, 1.54) is 0 Å². The summed E-state index contributed by atoms with van der Waals surface area (Å²) < 4.78 is 5.80. The molecule has 0 radical (unpaired) electrons. The van der Waals surface area contributed by atoms with Crippen LogP contribution in [0.4, 0.5) is 0 Å². The molecule has 0 saturated heterocycles. The highest BCUT2D eigenvalue weighted by molar-refractivity contribution is 5.95. The summed E-state index contributed by atoms with van der Waals surface area (Å²) in [6, 6.07) is 31.9. The van der Waals surface area contributed by atoms with Gasteiger partial charge in [0.05, 0.1) is 5.56 Å². The second-order valence-electron chi connectivity index (χ2n) is 6.65. The number of fused-ring (bicyclic) bond motifs is 1. The molecule has 28 heavy (non-hydrogen) atoms. The molecule has 2 atom stereocenters. The average Bonchev–Trinajstić information content (AvgIpc) is 2.77. The van der Waals surface area contributed by atoms with E-state index >= 15 is 0 Å². The van der Waals surface area contributed by atoms with Gasteiger partial charge in [0, 0.05) is 0 Å². The van der Waals surface area contributed by atoms with Crippen molar-refractivity contribution in [2.45, 2.75) is 12.2 Å². The first-order valence-corrected chi connectivity index (χ1v) is 9.20. The highest BCUT2D eigenvalue weighted by Crippen LogP contribution is 2.33. The topological polar surface area (TPSA) is 46.5 Å². The fourth-order valence-electron chi connectivity index (χ4n) is 3.28. The summed E-state index contributed by atoms with van der Waals surface area (Å²) >= 11 is 0. The third kappa shape index (κ3) is 3.80. The van der Waals surface area contributed by atoms with Crippen molar-refractivity contribution in [3.8, 4) is 0 Å². The van der Waals surface area contributed by atoms with Crippen LogP contribution in [0.15, 0.2) is 103 Å². The average molecular weight is 368 g/mol. The van der Waals surface area contributed by atoms with Crippen LogP contribution in [0, 0.1) is 0 Å². The molecule has 0 aromatic heterocycles. The van der Waals surface area contributed by atoms with E-state index in [0.29, 0.717) is 11.1 Å². The van der Waals surface area contributed by atoms with Crippen molar-refractivity contribution in [3.05, 3.63) is 120 Å². The van der Waals surface area contributed by atoms with Gasteiger partial charge >= 0.3 is 5.97 Å². The van der Waals surface area contributed by atoms with Gasteiger partial charge in [0.15, 0.2) is 6.10 Å². The number of aliphatic hydroxyl groups excluding tert-OH is 1. The molecule has 3 heteroatoms. The van der Waals surface area contributed by atoms with Crippen LogP contribution in [0.1, 0.15) is 33.7 Å². The fourth-order valence-corrected chi connectivity index (χ4v) is 3.28. The van der Waals surface area contributed by atoms with Crippen molar-refractivity contribution in [2.75, 3.05) is 0 Å². The molecular formula is C25H20O3. The molecule has 0 aliphatic heterocycles. The van der Waals surface area contributed by atoms with Gasteiger partial charge in [0.25, 0.3) is 0 Å². The van der Waals surface area contributed by atoms with E-state index < -0.39 is 18.2 Å². The van der Waals surface area contributed by atoms with Crippen LogP contribution in [0.2, 0.25) is 0 Å². The van der Waals surface area contributed by atoms with E-state index in [-0.39, 0.29) is 0 Å². The van der Waals surface area contributed by atoms with Crippen molar-refractivity contribution >= 4 is 16.7 Å². The Kier molecular flexibility index (Phi) is 5.18. The van der Waals surface area contributed by atoms with Gasteiger partial charge in [-0.15, -0.1) is 0 Å². The first kappa shape index (κ1) is 18.0. The number of aliphatic hydroxyl groups is 1. The largest absolute Gasteiger partial charge is 0.451 e. The number of benzene rings is 4. The smallest absolute Gasteiger partial charge is 0.338 e. The van der Waals surface area contributed by atoms with Gasteiger partial charge in [-0.3, -0.25) is 0 Å². The monoisotopic (exact) mass is 368 g/mol. The molecule has 0 aliphatic rings. The number of ether oxygens (including phenoxy) is 1. The molecule has 0 saturated carbocycles. The number of carbonyl (C=O) groups is 1. The lowest BCUT2D eigenvalue weighted by molar-refractivity contribution is -0.0209. The number of carbonyl (C=O) groups excluding carboxylic acids is 1. The standard InChI is InChI=1S/C25H20O3/c26-23(19-10-3-1-4-11-19)24(20-12-5-2-6-13-20)28-25(27)22-16-15-18-9-7-8-14-21(18)17-22/h1-17,23-24,26H/t23-,24+/m0/s1. The lowest BCUT2D eigenvalue weighted by Gasteiger charge is -2.24. The van der Waals surface area contributed by atoms with E-state index in [2.05, 4.69) is 0 Å².